The summed E-state index contributed by atoms with van der Waals surface area (Å²) in [6.45, 7) is 5.41. The van der Waals surface area contributed by atoms with Gasteiger partial charge in [0, 0.05) is 12.6 Å². The molecule has 1 unspecified atom stereocenters. The Morgan fingerprint density at radius 2 is 2.12 bits per heavy atom. The highest BCUT2D eigenvalue weighted by Crippen LogP contribution is 2.27. The van der Waals surface area contributed by atoms with E-state index in [0.29, 0.717) is 13.1 Å². The van der Waals surface area contributed by atoms with E-state index >= 15 is 0 Å². The fourth-order valence-corrected chi connectivity index (χ4v) is 1.90. The van der Waals surface area contributed by atoms with Gasteiger partial charge >= 0.3 is 5.97 Å². The number of hydrogen-bond donors (Lipinski definition) is 2. The van der Waals surface area contributed by atoms with Crippen LogP contribution in [0.25, 0.3) is 0 Å². The first-order valence-electron chi connectivity index (χ1n) is 6.26. The van der Waals surface area contributed by atoms with E-state index in [1.54, 1.807) is 11.8 Å². The van der Waals surface area contributed by atoms with E-state index in [9.17, 15) is 9.59 Å². The molecule has 1 atom stereocenters. The van der Waals surface area contributed by atoms with Gasteiger partial charge in [-0.1, -0.05) is 0 Å². The summed E-state index contributed by atoms with van der Waals surface area (Å²) >= 11 is 0. The lowest BCUT2D eigenvalue weighted by Crippen LogP contribution is -2.44. The Kier molecular flexibility index (Phi) is 5.41. The second-order valence-corrected chi connectivity index (χ2v) is 4.70. The Morgan fingerprint density at radius 1 is 1.47 bits per heavy atom. The van der Waals surface area contributed by atoms with E-state index in [4.69, 9.17) is 5.11 Å². The van der Waals surface area contributed by atoms with E-state index in [-0.39, 0.29) is 18.4 Å². The molecule has 1 rings (SSSR count). The number of hydrogen-bond acceptors (Lipinski definition) is 3. The first-order valence-corrected chi connectivity index (χ1v) is 6.26. The van der Waals surface area contributed by atoms with Crippen LogP contribution in [0, 0.1) is 5.92 Å². The molecule has 0 heterocycles. The number of aliphatic carboxylic acids is 1. The first-order chi connectivity index (χ1) is 8.04. The number of nitrogens with one attached hydrogen (secondary N) is 1. The van der Waals surface area contributed by atoms with Crippen LogP contribution in [-0.4, -0.2) is 47.6 Å². The monoisotopic (exact) mass is 242 g/mol. The normalized spacial score (nSPS) is 16.6. The molecule has 2 N–H and O–H groups in total. The Bertz CT molecular complexity index is 277. The Hall–Kier alpha value is -1.10. The van der Waals surface area contributed by atoms with Crippen molar-refractivity contribution in [1.29, 1.82) is 0 Å². The van der Waals surface area contributed by atoms with E-state index in [2.05, 4.69) is 5.32 Å². The second-order valence-electron chi connectivity index (χ2n) is 4.70. The third-order valence-electron chi connectivity index (χ3n) is 3.07. The Balaban J connectivity index is 2.30. The van der Waals surface area contributed by atoms with Crippen LogP contribution >= 0.6 is 0 Å². The molecule has 0 saturated heterocycles. The molecule has 0 radical (unpaired) electrons. The average Bonchev–Trinajstić information content (AvgIpc) is 3.01. The maximum Gasteiger partial charge on any atom is 0.305 e. The summed E-state index contributed by atoms with van der Waals surface area (Å²) in [6.07, 6.45) is 2.52. The van der Waals surface area contributed by atoms with Crippen LogP contribution in [-0.2, 0) is 9.59 Å². The van der Waals surface area contributed by atoms with Crippen LogP contribution in [0.2, 0.25) is 0 Å². The van der Waals surface area contributed by atoms with Crippen LogP contribution in [0.5, 0.6) is 0 Å². The van der Waals surface area contributed by atoms with Gasteiger partial charge in [0.05, 0.1) is 13.0 Å². The molecule has 1 saturated carbocycles. The van der Waals surface area contributed by atoms with Gasteiger partial charge in [-0.05, 0) is 39.2 Å². The van der Waals surface area contributed by atoms with E-state index in [1.807, 2.05) is 6.92 Å². The van der Waals surface area contributed by atoms with Crippen molar-refractivity contribution in [1.82, 2.24) is 10.2 Å². The molecular formula is C12H22N2O3. The van der Waals surface area contributed by atoms with Gasteiger partial charge in [-0.25, -0.2) is 0 Å². The van der Waals surface area contributed by atoms with Crippen LogP contribution in [0.15, 0.2) is 0 Å². The molecule has 1 amide bonds. The van der Waals surface area contributed by atoms with Crippen molar-refractivity contribution < 1.29 is 14.7 Å². The van der Waals surface area contributed by atoms with Crippen molar-refractivity contribution in [2.45, 2.75) is 39.2 Å². The van der Waals surface area contributed by atoms with Crippen LogP contribution in [0.1, 0.15) is 33.1 Å². The number of carbonyl (C=O) groups excluding carboxylic acids is 1. The van der Waals surface area contributed by atoms with Gasteiger partial charge < -0.3 is 15.3 Å². The van der Waals surface area contributed by atoms with Gasteiger partial charge in [0.15, 0.2) is 0 Å². The number of amides is 1. The van der Waals surface area contributed by atoms with Crippen molar-refractivity contribution in [3.8, 4) is 0 Å². The lowest BCUT2D eigenvalue weighted by atomic mass is 10.2. The van der Waals surface area contributed by atoms with Crippen molar-refractivity contribution in [2.75, 3.05) is 19.6 Å². The molecule has 1 fully saturated rings. The maximum absolute atomic E-state index is 11.9. The molecule has 98 valence electrons. The molecular weight excluding hydrogens is 220 g/mol. The summed E-state index contributed by atoms with van der Waals surface area (Å²) < 4.78 is 0. The standard InChI is InChI=1S/C12H22N2O3/c1-3-14(9(2)6-12(16)17)11(15)8-13-7-10-4-5-10/h9-10,13H,3-8H2,1-2H3,(H,16,17). The van der Waals surface area contributed by atoms with Crippen molar-refractivity contribution in [3.05, 3.63) is 0 Å². The van der Waals surface area contributed by atoms with Gasteiger partial charge in [-0.2, -0.15) is 0 Å². The van der Waals surface area contributed by atoms with Crippen LogP contribution in [0.4, 0.5) is 0 Å². The highest BCUT2D eigenvalue weighted by atomic mass is 16.4. The molecule has 0 aliphatic heterocycles. The average molecular weight is 242 g/mol. The van der Waals surface area contributed by atoms with Gasteiger partial charge in [0.1, 0.15) is 0 Å². The fraction of sp³-hybridized carbons (Fsp3) is 0.833. The Morgan fingerprint density at radius 3 is 2.59 bits per heavy atom. The van der Waals surface area contributed by atoms with Crippen LogP contribution in [0.3, 0.4) is 0 Å². The minimum Gasteiger partial charge on any atom is -0.481 e. The zero-order chi connectivity index (χ0) is 12.8. The highest BCUT2D eigenvalue weighted by molar-refractivity contribution is 5.79. The van der Waals surface area contributed by atoms with Gasteiger partial charge in [0.25, 0.3) is 0 Å². The number of likely N-dealkylation sites (N-methyl/N-ethyl adjacent to an activating group) is 1. The summed E-state index contributed by atoms with van der Waals surface area (Å²) in [7, 11) is 0. The number of carbonyl (C=O) groups is 2. The summed E-state index contributed by atoms with van der Waals surface area (Å²) in [5, 5.41) is 11.8. The smallest absolute Gasteiger partial charge is 0.305 e. The van der Waals surface area contributed by atoms with Gasteiger partial charge in [-0.3, -0.25) is 9.59 Å². The molecule has 1 aliphatic carbocycles. The van der Waals surface area contributed by atoms with E-state index in [0.717, 1.165) is 12.5 Å². The third-order valence-corrected chi connectivity index (χ3v) is 3.07. The zero-order valence-electron chi connectivity index (χ0n) is 10.6. The molecule has 0 aromatic heterocycles. The highest BCUT2D eigenvalue weighted by Gasteiger charge is 2.23. The van der Waals surface area contributed by atoms with Crippen molar-refractivity contribution >= 4 is 11.9 Å². The second kappa shape index (κ2) is 6.59. The first kappa shape index (κ1) is 14.0. The predicted molar refractivity (Wildman–Crippen MR) is 64.7 cm³/mol. The summed E-state index contributed by atoms with van der Waals surface area (Å²) in [4.78, 5) is 24.1. The van der Waals surface area contributed by atoms with Crippen LogP contribution < -0.4 is 5.32 Å². The van der Waals surface area contributed by atoms with E-state index in [1.165, 1.54) is 12.8 Å². The van der Waals surface area contributed by atoms with Crippen molar-refractivity contribution in [2.24, 2.45) is 5.92 Å². The third kappa shape index (κ3) is 5.17. The minimum atomic E-state index is -0.866. The molecule has 0 spiro atoms. The molecule has 0 aromatic rings. The van der Waals surface area contributed by atoms with E-state index < -0.39 is 5.97 Å². The molecule has 5 heteroatoms. The predicted octanol–water partition coefficient (Wildman–Crippen LogP) is 0.698. The molecule has 0 aromatic carbocycles. The molecule has 0 bridgehead atoms. The number of nitrogens with zero attached hydrogens (tertiary/aromatic N) is 1. The largest absolute Gasteiger partial charge is 0.481 e. The zero-order valence-corrected chi connectivity index (χ0v) is 10.6. The minimum absolute atomic E-state index is 0.00219. The number of carboxylic acids is 1. The summed E-state index contributed by atoms with van der Waals surface area (Å²) in [6, 6.07) is -0.243. The lowest BCUT2D eigenvalue weighted by Gasteiger charge is -2.27. The van der Waals surface area contributed by atoms with Gasteiger partial charge in [-0.15, -0.1) is 0 Å². The summed E-state index contributed by atoms with van der Waals surface area (Å²) in [5.41, 5.74) is 0. The molecule has 17 heavy (non-hydrogen) atoms. The maximum atomic E-state index is 11.9. The van der Waals surface area contributed by atoms with Gasteiger partial charge in [0.2, 0.25) is 5.91 Å². The quantitative estimate of drug-likeness (QED) is 0.657. The fourth-order valence-electron chi connectivity index (χ4n) is 1.90. The Labute approximate surface area is 102 Å². The molecule has 1 aliphatic rings. The molecule has 5 nitrogen and oxygen atoms in total. The SMILES string of the molecule is CCN(C(=O)CNCC1CC1)C(C)CC(=O)O. The lowest BCUT2D eigenvalue weighted by molar-refractivity contribution is -0.140. The summed E-state index contributed by atoms with van der Waals surface area (Å²) in [5.74, 6) is -0.133. The number of rotatable bonds is 8. The topological polar surface area (TPSA) is 69.6 Å². The number of carboxylic acid groups (broad SMARTS) is 1. The van der Waals surface area contributed by atoms with Crippen molar-refractivity contribution in [3.63, 3.8) is 0 Å².